The molecule has 1 aliphatic rings. The maximum absolute atomic E-state index is 11.5. The Bertz CT molecular complexity index is 475. The summed E-state index contributed by atoms with van der Waals surface area (Å²) in [5, 5.41) is 4.67. The topological polar surface area (TPSA) is 44.1 Å². The predicted octanol–water partition coefficient (Wildman–Crippen LogP) is 2.82. The quantitative estimate of drug-likeness (QED) is 0.768. The summed E-state index contributed by atoms with van der Waals surface area (Å²) in [7, 11) is 1.44. The Balaban J connectivity index is 2.19. The van der Waals surface area contributed by atoms with Gasteiger partial charge in [-0.3, -0.25) is 9.48 Å². The zero-order valence-corrected chi connectivity index (χ0v) is 12.6. The minimum atomic E-state index is -0.151. The fourth-order valence-corrected chi connectivity index (χ4v) is 2.76. The Labute approximate surface area is 115 Å². The fourth-order valence-electron chi connectivity index (χ4n) is 2.76. The lowest BCUT2D eigenvalue weighted by molar-refractivity contribution is -0.144. The van der Waals surface area contributed by atoms with Crippen LogP contribution in [-0.2, 0) is 16.0 Å². The minimum absolute atomic E-state index is 0.115. The summed E-state index contributed by atoms with van der Waals surface area (Å²) in [6.07, 6.45) is 3.34. The van der Waals surface area contributed by atoms with Crippen molar-refractivity contribution in [2.24, 2.45) is 11.8 Å². The van der Waals surface area contributed by atoms with Crippen LogP contribution in [0.3, 0.4) is 0 Å². The van der Waals surface area contributed by atoms with E-state index in [4.69, 9.17) is 4.74 Å². The number of aryl methyl sites for hydroxylation is 1. The smallest absolute Gasteiger partial charge is 0.308 e. The van der Waals surface area contributed by atoms with Crippen LogP contribution in [0.25, 0.3) is 0 Å². The van der Waals surface area contributed by atoms with Gasteiger partial charge in [-0.1, -0.05) is 6.92 Å². The van der Waals surface area contributed by atoms with Crippen LogP contribution in [0.1, 0.15) is 49.7 Å². The molecule has 0 bridgehead atoms. The van der Waals surface area contributed by atoms with E-state index < -0.39 is 0 Å². The lowest BCUT2D eigenvalue weighted by Gasteiger charge is -2.14. The Kier molecular flexibility index (Phi) is 3.97. The third-order valence-corrected chi connectivity index (χ3v) is 4.28. The molecule has 1 aliphatic carbocycles. The third kappa shape index (κ3) is 2.82. The van der Waals surface area contributed by atoms with Crippen LogP contribution in [0.15, 0.2) is 0 Å². The summed E-state index contributed by atoms with van der Waals surface area (Å²) >= 11 is 0. The molecule has 0 spiro atoms. The average Bonchev–Trinajstić information content (AvgIpc) is 3.19. The van der Waals surface area contributed by atoms with Crippen molar-refractivity contribution in [2.75, 3.05) is 7.11 Å². The second kappa shape index (κ2) is 5.35. The van der Waals surface area contributed by atoms with E-state index in [0.29, 0.717) is 12.5 Å². The van der Waals surface area contributed by atoms with Gasteiger partial charge in [-0.05, 0) is 51.5 Å². The van der Waals surface area contributed by atoms with E-state index in [-0.39, 0.29) is 11.9 Å². The van der Waals surface area contributed by atoms with Crippen molar-refractivity contribution in [3.8, 4) is 0 Å². The van der Waals surface area contributed by atoms with E-state index in [1.54, 1.807) is 0 Å². The van der Waals surface area contributed by atoms with Crippen molar-refractivity contribution >= 4 is 5.97 Å². The predicted molar refractivity (Wildman–Crippen MR) is 74.0 cm³/mol. The molecule has 2 atom stereocenters. The molecule has 2 unspecified atom stereocenters. The Hall–Kier alpha value is -1.32. The van der Waals surface area contributed by atoms with Crippen molar-refractivity contribution in [1.82, 2.24) is 9.78 Å². The first kappa shape index (κ1) is 14.1. The van der Waals surface area contributed by atoms with Crippen LogP contribution in [0.4, 0.5) is 0 Å². The second-order valence-electron chi connectivity index (χ2n) is 5.80. The molecular weight excluding hydrogens is 240 g/mol. The van der Waals surface area contributed by atoms with Gasteiger partial charge >= 0.3 is 5.97 Å². The van der Waals surface area contributed by atoms with Gasteiger partial charge in [0.2, 0.25) is 0 Å². The molecule has 2 rings (SSSR count). The first-order valence-corrected chi connectivity index (χ1v) is 7.08. The number of aromatic nitrogens is 2. The van der Waals surface area contributed by atoms with Crippen LogP contribution < -0.4 is 0 Å². The molecular formula is C15H24N2O2. The number of rotatable bonds is 5. The number of carbonyl (C=O) groups is 1. The number of hydrogen-bond donors (Lipinski definition) is 0. The van der Waals surface area contributed by atoms with Gasteiger partial charge in [-0.25, -0.2) is 0 Å². The second-order valence-corrected chi connectivity index (χ2v) is 5.80. The molecule has 0 aromatic carbocycles. The van der Waals surface area contributed by atoms with E-state index in [1.807, 2.05) is 13.8 Å². The molecule has 0 radical (unpaired) electrons. The Morgan fingerprint density at radius 3 is 2.58 bits per heavy atom. The van der Waals surface area contributed by atoms with Crippen molar-refractivity contribution in [3.05, 3.63) is 17.0 Å². The maximum Gasteiger partial charge on any atom is 0.308 e. The molecule has 0 amide bonds. The molecule has 0 N–H and O–H groups in total. The van der Waals surface area contributed by atoms with E-state index >= 15 is 0 Å². The standard InChI is InChI=1S/C15H24N2O2/c1-9(15(18)19-5)8-14-10(2)16-17(12(14)4)11(3)13-6-7-13/h9,11,13H,6-8H2,1-5H3. The van der Waals surface area contributed by atoms with E-state index in [1.165, 1.54) is 31.2 Å². The van der Waals surface area contributed by atoms with Crippen molar-refractivity contribution in [3.63, 3.8) is 0 Å². The van der Waals surface area contributed by atoms with Crippen molar-refractivity contribution < 1.29 is 9.53 Å². The number of carbonyl (C=O) groups excluding carboxylic acids is 1. The highest BCUT2D eigenvalue weighted by Crippen LogP contribution is 2.40. The van der Waals surface area contributed by atoms with Crippen LogP contribution in [0, 0.1) is 25.7 Å². The minimum Gasteiger partial charge on any atom is -0.469 e. The highest BCUT2D eigenvalue weighted by Gasteiger charge is 2.31. The van der Waals surface area contributed by atoms with Crippen LogP contribution in [0.5, 0.6) is 0 Å². The lowest BCUT2D eigenvalue weighted by Crippen LogP contribution is -2.16. The largest absolute Gasteiger partial charge is 0.469 e. The number of esters is 1. The van der Waals surface area contributed by atoms with Gasteiger partial charge in [-0.2, -0.15) is 5.10 Å². The molecule has 1 saturated carbocycles. The van der Waals surface area contributed by atoms with Gasteiger partial charge in [0.25, 0.3) is 0 Å². The normalized spacial score (nSPS) is 18.2. The number of nitrogens with zero attached hydrogens (tertiary/aromatic N) is 2. The van der Waals surface area contributed by atoms with Gasteiger partial charge < -0.3 is 4.74 Å². The van der Waals surface area contributed by atoms with E-state index in [2.05, 4.69) is 23.6 Å². The molecule has 0 aliphatic heterocycles. The number of hydrogen-bond acceptors (Lipinski definition) is 3. The first-order valence-electron chi connectivity index (χ1n) is 7.08. The summed E-state index contributed by atoms with van der Waals surface area (Å²) in [6.45, 7) is 8.29. The number of methoxy groups -OCH3 is 1. The Morgan fingerprint density at radius 1 is 1.42 bits per heavy atom. The first-order chi connectivity index (χ1) is 8.95. The molecule has 106 valence electrons. The van der Waals surface area contributed by atoms with E-state index in [0.717, 1.165) is 11.6 Å². The van der Waals surface area contributed by atoms with Gasteiger partial charge in [0.05, 0.1) is 24.8 Å². The van der Waals surface area contributed by atoms with Gasteiger partial charge in [0, 0.05) is 5.69 Å². The monoisotopic (exact) mass is 264 g/mol. The highest BCUT2D eigenvalue weighted by atomic mass is 16.5. The maximum atomic E-state index is 11.5. The highest BCUT2D eigenvalue weighted by molar-refractivity contribution is 5.72. The molecule has 19 heavy (non-hydrogen) atoms. The lowest BCUT2D eigenvalue weighted by atomic mass is 9.99. The molecule has 1 aromatic rings. The molecule has 1 fully saturated rings. The molecule has 1 aromatic heterocycles. The average molecular weight is 264 g/mol. The van der Waals surface area contributed by atoms with Gasteiger partial charge in [0.1, 0.15) is 0 Å². The third-order valence-electron chi connectivity index (χ3n) is 4.28. The fraction of sp³-hybridized carbons (Fsp3) is 0.733. The SMILES string of the molecule is COC(=O)C(C)Cc1c(C)nn(C(C)C2CC2)c1C. The molecule has 4 nitrogen and oxygen atoms in total. The van der Waals surface area contributed by atoms with E-state index in [9.17, 15) is 4.79 Å². The van der Waals surface area contributed by atoms with Gasteiger partial charge in [-0.15, -0.1) is 0 Å². The van der Waals surface area contributed by atoms with Crippen LogP contribution >= 0.6 is 0 Å². The summed E-state index contributed by atoms with van der Waals surface area (Å²) in [5.74, 6) is 0.516. The van der Waals surface area contributed by atoms with Crippen molar-refractivity contribution in [2.45, 2.75) is 53.0 Å². The molecule has 1 heterocycles. The summed E-state index contributed by atoms with van der Waals surface area (Å²) in [4.78, 5) is 11.5. The van der Waals surface area contributed by atoms with Crippen LogP contribution in [-0.4, -0.2) is 22.9 Å². The molecule has 4 heteroatoms. The van der Waals surface area contributed by atoms with Crippen molar-refractivity contribution in [1.29, 1.82) is 0 Å². The molecule has 0 saturated heterocycles. The summed E-state index contributed by atoms with van der Waals surface area (Å²) < 4.78 is 6.95. The summed E-state index contributed by atoms with van der Waals surface area (Å²) in [6, 6.07) is 0.473. The zero-order valence-electron chi connectivity index (χ0n) is 12.6. The summed E-state index contributed by atoms with van der Waals surface area (Å²) in [5.41, 5.74) is 3.44. The van der Waals surface area contributed by atoms with Gasteiger partial charge in [0.15, 0.2) is 0 Å². The number of ether oxygens (including phenoxy) is 1. The Morgan fingerprint density at radius 2 is 2.05 bits per heavy atom. The van der Waals surface area contributed by atoms with Crippen LogP contribution in [0.2, 0.25) is 0 Å². The zero-order chi connectivity index (χ0) is 14.2.